The van der Waals surface area contributed by atoms with Crippen molar-refractivity contribution in [1.82, 2.24) is 9.55 Å². The summed E-state index contributed by atoms with van der Waals surface area (Å²) in [4.78, 5) is 4.15. The number of nitrogens with zero attached hydrogens (tertiary/aromatic N) is 2. The second-order valence-electron chi connectivity index (χ2n) is 5.38. The molecule has 0 aliphatic carbocycles. The molecule has 0 aliphatic rings. The van der Waals surface area contributed by atoms with Gasteiger partial charge in [-0.1, -0.05) is 0 Å². The van der Waals surface area contributed by atoms with Gasteiger partial charge in [-0.2, -0.15) is 0 Å². The molecule has 2 aromatic carbocycles. The summed E-state index contributed by atoms with van der Waals surface area (Å²) in [6.07, 6.45) is 3.57. The Hall–Kier alpha value is -2.62. The number of hydrogen-bond donors (Lipinski definition) is 1. The van der Waals surface area contributed by atoms with E-state index >= 15 is 0 Å². The van der Waals surface area contributed by atoms with Crippen molar-refractivity contribution in [3.8, 4) is 5.75 Å². The number of phenolic OH excluding ortho intramolecular Hbond substituents is 1. The summed E-state index contributed by atoms with van der Waals surface area (Å²) in [6, 6.07) is 6.74. The zero-order valence-corrected chi connectivity index (χ0v) is 11.7. The highest BCUT2D eigenvalue weighted by Gasteiger charge is 2.16. The molecular weight excluding hydrogens is 267 g/mol. The summed E-state index contributed by atoms with van der Waals surface area (Å²) in [5, 5.41) is 13.5. The van der Waals surface area contributed by atoms with Gasteiger partial charge in [0.25, 0.3) is 0 Å². The van der Waals surface area contributed by atoms with Gasteiger partial charge in [0, 0.05) is 41.7 Å². The van der Waals surface area contributed by atoms with Crippen molar-refractivity contribution in [2.75, 3.05) is 0 Å². The highest BCUT2D eigenvalue weighted by Crippen LogP contribution is 2.37. The number of pyridine rings is 1. The summed E-state index contributed by atoms with van der Waals surface area (Å²) >= 11 is 0. The Balaban J connectivity index is 2.37. The van der Waals surface area contributed by atoms with Crippen LogP contribution in [0.1, 0.15) is 5.56 Å². The van der Waals surface area contributed by atoms with E-state index in [1.54, 1.807) is 18.5 Å². The van der Waals surface area contributed by atoms with Crippen LogP contribution in [0.25, 0.3) is 32.6 Å². The lowest BCUT2D eigenvalue weighted by molar-refractivity contribution is 0.470. The number of phenols is 1. The predicted molar refractivity (Wildman–Crippen MR) is 82.1 cm³/mol. The summed E-state index contributed by atoms with van der Waals surface area (Å²) in [5.41, 5.74) is 2.57. The average Bonchev–Trinajstić information content (AvgIpc) is 2.72. The maximum atomic E-state index is 14.2. The molecule has 1 N–H and O–H groups in total. The van der Waals surface area contributed by atoms with Crippen molar-refractivity contribution in [2.24, 2.45) is 7.05 Å². The van der Waals surface area contributed by atoms with Crippen LogP contribution in [0.5, 0.6) is 5.75 Å². The molecule has 0 spiro atoms. The van der Waals surface area contributed by atoms with Gasteiger partial charge >= 0.3 is 0 Å². The number of fused-ring (bicyclic) bond motifs is 4. The van der Waals surface area contributed by atoms with E-state index in [4.69, 9.17) is 0 Å². The molecule has 0 amide bonds. The van der Waals surface area contributed by atoms with E-state index in [1.807, 2.05) is 30.7 Å². The second kappa shape index (κ2) is 3.95. The standard InChI is InChI=1S/C17H13FN2O/c1-9-12-3-4-19-8-10(12)5-13-14-6-11(21)7-15(18)17(14)20(2)16(9)13/h3-8,21H,1-2H3. The minimum atomic E-state index is -0.412. The highest BCUT2D eigenvalue weighted by atomic mass is 19.1. The molecule has 0 bridgehead atoms. The minimum absolute atomic E-state index is 0.0589. The van der Waals surface area contributed by atoms with Gasteiger partial charge in [0.1, 0.15) is 5.75 Å². The first-order chi connectivity index (χ1) is 10.1. The quantitative estimate of drug-likeness (QED) is 0.528. The van der Waals surface area contributed by atoms with Gasteiger partial charge in [-0.3, -0.25) is 4.98 Å². The van der Waals surface area contributed by atoms with Gasteiger partial charge in [0.15, 0.2) is 5.82 Å². The molecule has 3 nitrogen and oxygen atoms in total. The Bertz CT molecular complexity index is 1030. The molecule has 4 heteroatoms. The molecule has 104 valence electrons. The van der Waals surface area contributed by atoms with E-state index in [0.717, 1.165) is 38.7 Å². The van der Waals surface area contributed by atoms with Crippen molar-refractivity contribution >= 4 is 32.6 Å². The molecule has 4 rings (SSSR count). The maximum absolute atomic E-state index is 14.2. The summed E-state index contributed by atoms with van der Waals surface area (Å²) in [7, 11) is 1.85. The lowest BCUT2D eigenvalue weighted by atomic mass is 10.0. The van der Waals surface area contributed by atoms with Crippen molar-refractivity contribution in [3.63, 3.8) is 0 Å². The van der Waals surface area contributed by atoms with Crippen LogP contribution >= 0.6 is 0 Å². The molecule has 0 saturated heterocycles. The van der Waals surface area contributed by atoms with Crippen LogP contribution in [-0.2, 0) is 7.05 Å². The van der Waals surface area contributed by atoms with Crippen LogP contribution in [0.3, 0.4) is 0 Å². The van der Waals surface area contributed by atoms with Crippen molar-refractivity contribution < 1.29 is 9.50 Å². The lowest BCUT2D eigenvalue weighted by Gasteiger charge is -2.06. The van der Waals surface area contributed by atoms with Crippen molar-refractivity contribution in [2.45, 2.75) is 6.92 Å². The largest absolute Gasteiger partial charge is 0.508 e. The predicted octanol–water partition coefficient (Wildman–Crippen LogP) is 4.03. The SMILES string of the molecule is Cc1c2ccncc2cc2c3cc(O)cc(F)c3n(C)c12. The lowest BCUT2D eigenvalue weighted by Crippen LogP contribution is -1.92. The van der Waals surface area contributed by atoms with Crippen molar-refractivity contribution in [1.29, 1.82) is 0 Å². The third-order valence-corrected chi connectivity index (χ3v) is 4.18. The zero-order chi connectivity index (χ0) is 14.7. The first-order valence-electron chi connectivity index (χ1n) is 6.72. The van der Waals surface area contributed by atoms with Crippen LogP contribution < -0.4 is 0 Å². The maximum Gasteiger partial charge on any atom is 0.151 e. The summed E-state index contributed by atoms with van der Waals surface area (Å²) < 4.78 is 16.1. The first-order valence-corrected chi connectivity index (χ1v) is 6.72. The van der Waals surface area contributed by atoms with Gasteiger partial charge < -0.3 is 9.67 Å². The van der Waals surface area contributed by atoms with E-state index in [9.17, 15) is 9.50 Å². The average molecular weight is 280 g/mol. The molecule has 0 radical (unpaired) electrons. The molecule has 0 atom stereocenters. The van der Waals surface area contributed by atoms with E-state index in [-0.39, 0.29) is 5.75 Å². The van der Waals surface area contributed by atoms with E-state index in [2.05, 4.69) is 4.98 Å². The Labute approximate surface area is 120 Å². The van der Waals surface area contributed by atoms with Crippen LogP contribution in [0.15, 0.2) is 36.7 Å². The first kappa shape index (κ1) is 12.1. The molecule has 21 heavy (non-hydrogen) atoms. The molecule has 0 saturated carbocycles. The van der Waals surface area contributed by atoms with Gasteiger partial charge in [0.2, 0.25) is 0 Å². The smallest absolute Gasteiger partial charge is 0.151 e. The number of benzene rings is 2. The van der Waals surface area contributed by atoms with Gasteiger partial charge in [0.05, 0.1) is 11.0 Å². The fraction of sp³-hybridized carbons (Fsp3) is 0.118. The van der Waals surface area contributed by atoms with Gasteiger partial charge in [-0.25, -0.2) is 4.39 Å². The van der Waals surface area contributed by atoms with E-state index in [1.165, 1.54) is 0 Å². The van der Waals surface area contributed by atoms with E-state index in [0.29, 0.717) is 5.52 Å². The Kier molecular flexibility index (Phi) is 2.28. The van der Waals surface area contributed by atoms with Crippen LogP contribution in [0.4, 0.5) is 4.39 Å². The summed E-state index contributed by atoms with van der Waals surface area (Å²) in [6.45, 7) is 2.03. The molecule has 0 unspecified atom stereocenters. The molecule has 4 aromatic rings. The van der Waals surface area contributed by atoms with E-state index < -0.39 is 5.82 Å². The van der Waals surface area contributed by atoms with Crippen molar-refractivity contribution in [3.05, 3.63) is 48.0 Å². The minimum Gasteiger partial charge on any atom is -0.508 e. The second-order valence-corrected chi connectivity index (χ2v) is 5.38. The monoisotopic (exact) mass is 280 g/mol. The van der Waals surface area contributed by atoms with Crippen LogP contribution in [0.2, 0.25) is 0 Å². The molecule has 2 aromatic heterocycles. The van der Waals surface area contributed by atoms with Crippen LogP contribution in [-0.4, -0.2) is 14.7 Å². The Morgan fingerprint density at radius 2 is 1.86 bits per heavy atom. The number of aryl methyl sites for hydroxylation is 2. The molecule has 2 heterocycles. The number of rotatable bonds is 0. The fourth-order valence-corrected chi connectivity index (χ4v) is 3.30. The van der Waals surface area contributed by atoms with Crippen LogP contribution in [0, 0.1) is 12.7 Å². The normalized spacial score (nSPS) is 11.8. The highest BCUT2D eigenvalue weighted by molar-refractivity contribution is 6.14. The molecule has 0 fully saturated rings. The number of halogens is 1. The molecule has 0 aliphatic heterocycles. The number of aromatic hydroxyl groups is 1. The third-order valence-electron chi connectivity index (χ3n) is 4.18. The Morgan fingerprint density at radius 1 is 1.10 bits per heavy atom. The third kappa shape index (κ3) is 1.50. The summed E-state index contributed by atoms with van der Waals surface area (Å²) in [5.74, 6) is -0.471. The topological polar surface area (TPSA) is 38.1 Å². The fourth-order valence-electron chi connectivity index (χ4n) is 3.30. The van der Waals surface area contributed by atoms with Gasteiger partial charge in [-0.15, -0.1) is 0 Å². The van der Waals surface area contributed by atoms with Gasteiger partial charge in [-0.05, 0) is 36.1 Å². The Morgan fingerprint density at radius 3 is 2.67 bits per heavy atom. The molecular formula is C17H13FN2O. The number of hydrogen-bond acceptors (Lipinski definition) is 2. The number of aromatic nitrogens is 2. The zero-order valence-electron chi connectivity index (χ0n) is 11.7.